The fourth-order valence-corrected chi connectivity index (χ4v) is 3.60. The molecule has 0 bridgehead atoms. The van der Waals surface area contributed by atoms with E-state index in [0.29, 0.717) is 32.0 Å². The van der Waals surface area contributed by atoms with Gasteiger partial charge in [0.1, 0.15) is 0 Å². The Morgan fingerprint density at radius 1 is 1.07 bits per heavy atom. The van der Waals surface area contributed by atoms with Crippen molar-refractivity contribution in [2.24, 2.45) is 0 Å². The zero-order valence-corrected chi connectivity index (χ0v) is 15.4. The molecule has 0 unspecified atom stereocenters. The van der Waals surface area contributed by atoms with E-state index in [1.807, 2.05) is 53.2 Å². The second-order valence-corrected chi connectivity index (χ2v) is 6.94. The van der Waals surface area contributed by atoms with Crippen molar-refractivity contribution in [1.82, 2.24) is 9.78 Å². The zero-order valence-electron chi connectivity index (χ0n) is 15.4. The summed E-state index contributed by atoms with van der Waals surface area (Å²) in [6, 6.07) is 20.3. The minimum absolute atomic E-state index is 0.000159. The zero-order chi connectivity index (χ0) is 18.6. The third-order valence-electron chi connectivity index (χ3n) is 4.96. The van der Waals surface area contributed by atoms with E-state index in [1.165, 1.54) is 5.56 Å². The molecule has 1 N–H and O–H groups in total. The van der Waals surface area contributed by atoms with Gasteiger partial charge < -0.3 is 10.1 Å². The van der Waals surface area contributed by atoms with Gasteiger partial charge >= 0.3 is 0 Å². The molecule has 1 atom stereocenters. The molecule has 0 aliphatic carbocycles. The van der Waals surface area contributed by atoms with Crippen LogP contribution in [0.5, 0.6) is 0 Å². The van der Waals surface area contributed by atoms with E-state index in [0.717, 1.165) is 16.8 Å². The summed E-state index contributed by atoms with van der Waals surface area (Å²) in [7, 11) is 0. The second kappa shape index (κ2) is 7.76. The molecule has 2 heterocycles. The minimum atomic E-state index is 0.000159. The fourth-order valence-electron chi connectivity index (χ4n) is 3.60. The first kappa shape index (κ1) is 17.5. The number of carbonyl (C=O) groups excluding carboxylic acids is 1. The van der Waals surface area contributed by atoms with Crippen LogP contribution in [0.1, 0.15) is 34.7 Å². The van der Waals surface area contributed by atoms with Crippen molar-refractivity contribution in [3.05, 3.63) is 83.0 Å². The van der Waals surface area contributed by atoms with Gasteiger partial charge in [-0.2, -0.15) is 5.10 Å². The fraction of sp³-hybridized carbons (Fsp3) is 0.273. The number of hydrogen-bond donors (Lipinski definition) is 1. The Labute approximate surface area is 159 Å². The second-order valence-electron chi connectivity index (χ2n) is 6.94. The van der Waals surface area contributed by atoms with Crippen molar-refractivity contribution in [1.29, 1.82) is 0 Å². The molecule has 27 heavy (non-hydrogen) atoms. The lowest BCUT2D eigenvalue weighted by molar-refractivity contribution is -0.117. The molecule has 1 aliphatic rings. The monoisotopic (exact) mass is 361 g/mol. The van der Waals surface area contributed by atoms with Gasteiger partial charge in [0.2, 0.25) is 5.91 Å². The van der Waals surface area contributed by atoms with Crippen molar-refractivity contribution in [2.45, 2.75) is 32.4 Å². The van der Waals surface area contributed by atoms with Crippen LogP contribution in [0, 0.1) is 6.92 Å². The summed E-state index contributed by atoms with van der Waals surface area (Å²) in [4.78, 5) is 12.1. The SMILES string of the molecule is Cc1c2c(nn1Cc1ccccc1)NC(=O)C[C@H]2COCc1ccccc1. The van der Waals surface area contributed by atoms with E-state index in [1.54, 1.807) is 0 Å². The van der Waals surface area contributed by atoms with Crippen LogP contribution in [0.4, 0.5) is 5.82 Å². The predicted octanol–water partition coefficient (Wildman–Crippen LogP) is 3.88. The first-order chi connectivity index (χ1) is 13.2. The summed E-state index contributed by atoms with van der Waals surface area (Å²) < 4.78 is 7.90. The highest BCUT2D eigenvalue weighted by Crippen LogP contribution is 2.34. The Hall–Kier alpha value is -2.92. The van der Waals surface area contributed by atoms with Crippen molar-refractivity contribution >= 4 is 11.7 Å². The molecule has 0 saturated carbocycles. The largest absolute Gasteiger partial charge is 0.376 e. The van der Waals surface area contributed by atoms with Gasteiger partial charge in [0.15, 0.2) is 5.82 Å². The summed E-state index contributed by atoms with van der Waals surface area (Å²) in [5.74, 6) is 0.704. The van der Waals surface area contributed by atoms with Crippen LogP contribution < -0.4 is 5.32 Å². The molecular formula is C22H23N3O2. The van der Waals surface area contributed by atoms with Gasteiger partial charge in [-0.05, 0) is 18.1 Å². The van der Waals surface area contributed by atoms with E-state index in [-0.39, 0.29) is 11.8 Å². The molecule has 1 amide bonds. The Morgan fingerprint density at radius 2 is 1.74 bits per heavy atom. The van der Waals surface area contributed by atoms with Crippen LogP contribution in [0.2, 0.25) is 0 Å². The number of rotatable bonds is 6. The smallest absolute Gasteiger partial charge is 0.226 e. The number of anilines is 1. The summed E-state index contributed by atoms with van der Waals surface area (Å²) in [5.41, 5.74) is 4.50. The van der Waals surface area contributed by atoms with Crippen molar-refractivity contribution in [2.75, 3.05) is 11.9 Å². The standard InChI is InChI=1S/C22H23N3O2/c1-16-21-19(15-27-14-18-10-6-3-7-11-18)12-20(26)23-22(21)24-25(16)13-17-8-4-2-5-9-17/h2-11,19H,12-15H2,1H3,(H,23,24,26)/t19-/m0/s1. The number of fused-ring (bicyclic) bond motifs is 1. The Kier molecular flexibility index (Phi) is 5.03. The van der Waals surface area contributed by atoms with E-state index in [9.17, 15) is 4.79 Å². The lowest BCUT2D eigenvalue weighted by Crippen LogP contribution is -2.25. The topological polar surface area (TPSA) is 56.2 Å². The van der Waals surface area contributed by atoms with Gasteiger partial charge in [-0.25, -0.2) is 0 Å². The van der Waals surface area contributed by atoms with Crippen molar-refractivity contribution in [3.63, 3.8) is 0 Å². The summed E-state index contributed by atoms with van der Waals surface area (Å²) in [5, 5.41) is 7.56. The number of nitrogens with zero attached hydrogens (tertiary/aromatic N) is 2. The maximum absolute atomic E-state index is 12.1. The van der Waals surface area contributed by atoms with Gasteiger partial charge in [0.05, 0.1) is 19.8 Å². The third-order valence-corrected chi connectivity index (χ3v) is 4.96. The van der Waals surface area contributed by atoms with Gasteiger partial charge in [-0.1, -0.05) is 60.7 Å². The first-order valence-electron chi connectivity index (χ1n) is 9.23. The number of ether oxygens (including phenoxy) is 1. The average Bonchev–Trinajstić information content (AvgIpc) is 2.98. The number of benzene rings is 2. The molecule has 0 radical (unpaired) electrons. The van der Waals surface area contributed by atoms with Crippen molar-refractivity contribution < 1.29 is 9.53 Å². The molecule has 2 aromatic carbocycles. The summed E-state index contributed by atoms with van der Waals surface area (Å²) >= 11 is 0. The molecule has 138 valence electrons. The number of aromatic nitrogens is 2. The summed E-state index contributed by atoms with van der Waals surface area (Å²) in [6.07, 6.45) is 0.430. The Morgan fingerprint density at radius 3 is 2.44 bits per heavy atom. The van der Waals surface area contributed by atoms with Crippen LogP contribution >= 0.6 is 0 Å². The Bertz CT molecular complexity index is 919. The maximum atomic E-state index is 12.1. The van der Waals surface area contributed by atoms with Gasteiger partial charge in [-0.15, -0.1) is 0 Å². The molecule has 5 nitrogen and oxygen atoms in total. The molecule has 5 heteroatoms. The predicted molar refractivity (Wildman–Crippen MR) is 105 cm³/mol. The molecule has 0 spiro atoms. The van der Waals surface area contributed by atoms with Gasteiger partial charge in [0, 0.05) is 23.6 Å². The van der Waals surface area contributed by atoms with Crippen LogP contribution in [0.15, 0.2) is 60.7 Å². The molecule has 3 aromatic rings. The molecule has 0 saturated heterocycles. The lowest BCUT2D eigenvalue weighted by Gasteiger charge is -2.22. The molecule has 1 aliphatic heterocycles. The first-order valence-corrected chi connectivity index (χ1v) is 9.23. The number of amides is 1. The van der Waals surface area contributed by atoms with Gasteiger partial charge in [-0.3, -0.25) is 9.48 Å². The van der Waals surface area contributed by atoms with Gasteiger partial charge in [0.25, 0.3) is 0 Å². The van der Waals surface area contributed by atoms with Crippen molar-refractivity contribution in [3.8, 4) is 0 Å². The highest BCUT2D eigenvalue weighted by Gasteiger charge is 2.30. The van der Waals surface area contributed by atoms with E-state index >= 15 is 0 Å². The maximum Gasteiger partial charge on any atom is 0.226 e. The van der Waals surface area contributed by atoms with Crippen LogP contribution in [-0.2, 0) is 22.7 Å². The summed E-state index contributed by atoms with van der Waals surface area (Å²) in [6.45, 7) is 3.81. The molecular weight excluding hydrogens is 338 g/mol. The van der Waals surface area contributed by atoms with Crippen LogP contribution in [0.25, 0.3) is 0 Å². The van der Waals surface area contributed by atoms with E-state index < -0.39 is 0 Å². The van der Waals surface area contributed by atoms with Crippen LogP contribution in [0.3, 0.4) is 0 Å². The third kappa shape index (κ3) is 3.93. The van der Waals surface area contributed by atoms with E-state index in [2.05, 4.69) is 29.5 Å². The molecule has 4 rings (SSSR count). The van der Waals surface area contributed by atoms with Crippen LogP contribution in [-0.4, -0.2) is 22.3 Å². The van der Waals surface area contributed by atoms with E-state index in [4.69, 9.17) is 4.74 Å². The lowest BCUT2D eigenvalue weighted by atomic mass is 9.93. The minimum Gasteiger partial charge on any atom is -0.376 e. The molecule has 0 fully saturated rings. The number of carbonyl (C=O) groups is 1. The average molecular weight is 361 g/mol. The Balaban J connectivity index is 1.51. The number of hydrogen-bond acceptors (Lipinski definition) is 3. The highest BCUT2D eigenvalue weighted by molar-refractivity contribution is 5.93. The normalized spacial score (nSPS) is 16.0. The highest BCUT2D eigenvalue weighted by atomic mass is 16.5. The quantitative estimate of drug-likeness (QED) is 0.725. The molecule has 1 aromatic heterocycles. The number of nitrogens with one attached hydrogen (secondary N) is 1.